The fraction of sp³-hybridized carbons (Fsp3) is 0.750. The van der Waals surface area contributed by atoms with Crippen molar-refractivity contribution >= 4 is 5.97 Å². The van der Waals surface area contributed by atoms with Gasteiger partial charge in [-0.1, -0.05) is 6.92 Å². The summed E-state index contributed by atoms with van der Waals surface area (Å²) >= 11 is 0. The number of rotatable bonds is 4. The van der Waals surface area contributed by atoms with Gasteiger partial charge in [0.2, 0.25) is 0 Å². The fourth-order valence-corrected chi connectivity index (χ4v) is 0.532. The second-order valence-corrected chi connectivity index (χ2v) is 2.46. The van der Waals surface area contributed by atoms with Crippen LogP contribution in [0.2, 0.25) is 0 Å². The lowest BCUT2D eigenvalue weighted by Crippen LogP contribution is -2.09. The standard InChI is InChI=1S/C8H13NO2/c1-3-4-8(10)11-6-7(2)5-9/h7H,3-4,6H2,1-2H3. The molecule has 0 heterocycles. The van der Waals surface area contributed by atoms with Gasteiger partial charge in [-0.3, -0.25) is 4.79 Å². The van der Waals surface area contributed by atoms with Gasteiger partial charge >= 0.3 is 5.97 Å². The van der Waals surface area contributed by atoms with Gasteiger partial charge in [-0.15, -0.1) is 0 Å². The van der Waals surface area contributed by atoms with Crippen LogP contribution in [-0.2, 0) is 9.53 Å². The Morgan fingerprint density at radius 1 is 1.73 bits per heavy atom. The Kier molecular flexibility index (Phi) is 5.18. The molecule has 62 valence electrons. The molecular formula is C8H13NO2. The summed E-state index contributed by atoms with van der Waals surface area (Å²) in [6.45, 7) is 3.85. The molecule has 0 spiro atoms. The van der Waals surface area contributed by atoms with Crippen LogP contribution in [0.3, 0.4) is 0 Å². The van der Waals surface area contributed by atoms with Crippen LogP contribution < -0.4 is 0 Å². The number of carbonyl (C=O) groups excluding carboxylic acids is 1. The average Bonchev–Trinajstić information content (AvgIpc) is 2.01. The fourth-order valence-electron chi connectivity index (χ4n) is 0.532. The molecule has 0 amide bonds. The second-order valence-electron chi connectivity index (χ2n) is 2.46. The van der Waals surface area contributed by atoms with Gasteiger partial charge in [0, 0.05) is 6.42 Å². The maximum Gasteiger partial charge on any atom is 0.305 e. The highest BCUT2D eigenvalue weighted by molar-refractivity contribution is 5.69. The van der Waals surface area contributed by atoms with Crippen LogP contribution in [0.5, 0.6) is 0 Å². The molecule has 0 aliphatic heterocycles. The van der Waals surface area contributed by atoms with E-state index >= 15 is 0 Å². The molecule has 1 unspecified atom stereocenters. The third-order valence-corrected chi connectivity index (χ3v) is 1.17. The van der Waals surface area contributed by atoms with Crippen LogP contribution in [0.15, 0.2) is 0 Å². The van der Waals surface area contributed by atoms with Crippen molar-refractivity contribution in [3.05, 3.63) is 0 Å². The lowest BCUT2D eigenvalue weighted by Gasteiger charge is -2.03. The van der Waals surface area contributed by atoms with Crippen LogP contribution in [0, 0.1) is 17.2 Å². The summed E-state index contributed by atoms with van der Waals surface area (Å²) in [4.78, 5) is 10.7. The maximum absolute atomic E-state index is 10.7. The molecule has 0 bridgehead atoms. The SMILES string of the molecule is CCCC(=O)OCC(C)C#N. The Labute approximate surface area is 67.0 Å². The van der Waals surface area contributed by atoms with Gasteiger partial charge in [0.15, 0.2) is 0 Å². The summed E-state index contributed by atoms with van der Waals surface area (Å²) in [6.07, 6.45) is 1.23. The number of esters is 1. The third-order valence-electron chi connectivity index (χ3n) is 1.17. The molecule has 0 aliphatic rings. The molecule has 0 aromatic heterocycles. The zero-order valence-electron chi connectivity index (χ0n) is 6.96. The van der Waals surface area contributed by atoms with Gasteiger partial charge in [-0.25, -0.2) is 0 Å². The zero-order valence-corrected chi connectivity index (χ0v) is 6.96. The van der Waals surface area contributed by atoms with Gasteiger partial charge in [-0.05, 0) is 13.3 Å². The number of hydrogen-bond acceptors (Lipinski definition) is 3. The summed E-state index contributed by atoms with van der Waals surface area (Å²) in [5, 5.41) is 8.34. The summed E-state index contributed by atoms with van der Waals surface area (Å²) in [6, 6.07) is 1.99. The third kappa shape index (κ3) is 5.41. The highest BCUT2D eigenvalue weighted by Gasteiger charge is 2.04. The minimum atomic E-state index is -0.213. The molecule has 3 nitrogen and oxygen atoms in total. The van der Waals surface area contributed by atoms with Crippen molar-refractivity contribution in [2.45, 2.75) is 26.7 Å². The van der Waals surface area contributed by atoms with E-state index in [0.29, 0.717) is 6.42 Å². The predicted molar refractivity (Wildman–Crippen MR) is 40.6 cm³/mol. The lowest BCUT2D eigenvalue weighted by atomic mass is 10.2. The van der Waals surface area contributed by atoms with Crippen molar-refractivity contribution in [2.24, 2.45) is 5.92 Å². The molecule has 0 radical (unpaired) electrons. The molecule has 0 rings (SSSR count). The monoisotopic (exact) mass is 155 g/mol. The molecule has 0 saturated carbocycles. The molecule has 11 heavy (non-hydrogen) atoms. The van der Waals surface area contributed by atoms with Gasteiger partial charge in [0.1, 0.15) is 6.61 Å². The molecule has 0 saturated heterocycles. The van der Waals surface area contributed by atoms with E-state index in [1.54, 1.807) is 6.92 Å². The number of ether oxygens (including phenoxy) is 1. The maximum atomic E-state index is 10.7. The lowest BCUT2D eigenvalue weighted by molar-refractivity contribution is -0.144. The molecule has 0 aliphatic carbocycles. The van der Waals surface area contributed by atoms with E-state index in [1.165, 1.54) is 0 Å². The Bertz CT molecular complexity index is 160. The summed E-state index contributed by atoms with van der Waals surface area (Å²) in [7, 11) is 0. The average molecular weight is 155 g/mol. The Balaban J connectivity index is 3.39. The van der Waals surface area contributed by atoms with Crippen molar-refractivity contribution in [1.82, 2.24) is 0 Å². The molecule has 0 aromatic rings. The Morgan fingerprint density at radius 3 is 2.82 bits per heavy atom. The predicted octanol–water partition coefficient (Wildman–Crippen LogP) is 1.49. The van der Waals surface area contributed by atoms with E-state index in [4.69, 9.17) is 10.00 Å². The molecule has 1 atom stereocenters. The van der Waals surface area contributed by atoms with Crippen molar-refractivity contribution in [1.29, 1.82) is 5.26 Å². The summed E-state index contributed by atoms with van der Waals surface area (Å²) in [5.74, 6) is -0.412. The first-order valence-corrected chi connectivity index (χ1v) is 3.76. The Morgan fingerprint density at radius 2 is 2.36 bits per heavy atom. The number of hydrogen-bond donors (Lipinski definition) is 0. The smallest absolute Gasteiger partial charge is 0.305 e. The molecule has 0 fully saturated rings. The second kappa shape index (κ2) is 5.72. The van der Waals surface area contributed by atoms with Crippen molar-refractivity contribution < 1.29 is 9.53 Å². The molecule has 3 heteroatoms. The minimum absolute atomic E-state index is 0.198. The van der Waals surface area contributed by atoms with E-state index in [1.807, 2.05) is 13.0 Å². The first-order chi connectivity index (χ1) is 5.20. The van der Waals surface area contributed by atoms with E-state index in [-0.39, 0.29) is 18.5 Å². The highest BCUT2D eigenvalue weighted by atomic mass is 16.5. The van der Waals surface area contributed by atoms with Crippen LogP contribution >= 0.6 is 0 Å². The first kappa shape index (κ1) is 9.96. The van der Waals surface area contributed by atoms with E-state index < -0.39 is 0 Å². The van der Waals surface area contributed by atoms with E-state index in [0.717, 1.165) is 6.42 Å². The van der Waals surface area contributed by atoms with Crippen LogP contribution in [-0.4, -0.2) is 12.6 Å². The minimum Gasteiger partial charge on any atom is -0.464 e. The van der Waals surface area contributed by atoms with Gasteiger partial charge in [-0.2, -0.15) is 5.26 Å². The summed E-state index contributed by atoms with van der Waals surface area (Å²) < 4.78 is 4.77. The highest BCUT2D eigenvalue weighted by Crippen LogP contribution is 1.96. The van der Waals surface area contributed by atoms with Gasteiger partial charge < -0.3 is 4.74 Å². The van der Waals surface area contributed by atoms with Crippen molar-refractivity contribution in [3.63, 3.8) is 0 Å². The number of nitrogens with zero attached hydrogens (tertiary/aromatic N) is 1. The zero-order chi connectivity index (χ0) is 8.69. The topological polar surface area (TPSA) is 50.1 Å². The molecular weight excluding hydrogens is 142 g/mol. The van der Waals surface area contributed by atoms with Crippen LogP contribution in [0.1, 0.15) is 26.7 Å². The van der Waals surface area contributed by atoms with Gasteiger partial charge in [0.05, 0.1) is 12.0 Å². The quantitative estimate of drug-likeness (QED) is 0.578. The summed E-state index contributed by atoms with van der Waals surface area (Å²) in [5.41, 5.74) is 0. The van der Waals surface area contributed by atoms with E-state index in [9.17, 15) is 4.79 Å². The van der Waals surface area contributed by atoms with E-state index in [2.05, 4.69) is 0 Å². The van der Waals surface area contributed by atoms with Gasteiger partial charge in [0.25, 0.3) is 0 Å². The van der Waals surface area contributed by atoms with Crippen molar-refractivity contribution in [2.75, 3.05) is 6.61 Å². The van der Waals surface area contributed by atoms with Crippen LogP contribution in [0.4, 0.5) is 0 Å². The molecule has 0 N–H and O–H groups in total. The normalized spacial score (nSPS) is 11.7. The van der Waals surface area contributed by atoms with Crippen molar-refractivity contribution in [3.8, 4) is 6.07 Å². The van der Waals surface area contributed by atoms with Crippen LogP contribution in [0.25, 0.3) is 0 Å². The first-order valence-electron chi connectivity index (χ1n) is 3.76. The Hall–Kier alpha value is -1.04. The number of carbonyl (C=O) groups is 1. The largest absolute Gasteiger partial charge is 0.464 e. The molecule has 0 aromatic carbocycles. The number of nitriles is 1.